The summed E-state index contributed by atoms with van der Waals surface area (Å²) in [5, 5.41) is 2.87. The van der Waals surface area contributed by atoms with E-state index in [2.05, 4.69) is 10.3 Å². The van der Waals surface area contributed by atoms with Crippen LogP contribution in [0, 0.1) is 17.2 Å². The molecule has 0 bridgehead atoms. The van der Waals surface area contributed by atoms with Gasteiger partial charge in [-0.05, 0) is 43.2 Å². The number of halogens is 1. The predicted molar refractivity (Wildman–Crippen MR) is 104 cm³/mol. The van der Waals surface area contributed by atoms with Crippen molar-refractivity contribution in [2.45, 2.75) is 32.1 Å². The summed E-state index contributed by atoms with van der Waals surface area (Å²) in [7, 11) is 0. The van der Waals surface area contributed by atoms with E-state index in [4.69, 9.17) is 0 Å². The van der Waals surface area contributed by atoms with Crippen LogP contribution in [0.2, 0.25) is 0 Å². The second-order valence-electron chi connectivity index (χ2n) is 7.90. The van der Waals surface area contributed by atoms with Crippen molar-refractivity contribution in [3.63, 3.8) is 0 Å². The van der Waals surface area contributed by atoms with Crippen LogP contribution >= 0.6 is 0 Å². The molecule has 146 valence electrons. The average molecular weight is 381 g/mol. The van der Waals surface area contributed by atoms with Crippen molar-refractivity contribution in [3.05, 3.63) is 60.2 Å². The van der Waals surface area contributed by atoms with Crippen LogP contribution in [0.5, 0.6) is 0 Å². The van der Waals surface area contributed by atoms with Gasteiger partial charge in [0, 0.05) is 42.1 Å². The number of likely N-dealkylation sites (tertiary alicyclic amines) is 1. The zero-order valence-corrected chi connectivity index (χ0v) is 15.7. The van der Waals surface area contributed by atoms with Gasteiger partial charge < -0.3 is 10.2 Å². The lowest BCUT2D eigenvalue weighted by molar-refractivity contribution is -0.123. The van der Waals surface area contributed by atoms with E-state index in [-0.39, 0.29) is 29.0 Å². The maximum Gasteiger partial charge on any atom is 0.254 e. The molecule has 1 N–H and O–H groups in total. The third kappa shape index (κ3) is 3.63. The number of carbonyl (C=O) groups excluding carboxylic acids is 2. The standard InChI is InChI=1S/C22H24FN3O2/c23-17-5-4-6-18(13-17)25-20(27)19-14-26(15-22(19)9-2-1-3-10-22)21(28)16-7-11-24-12-8-16/h4-8,11-13,19H,1-3,9-10,14-15H2,(H,25,27). The summed E-state index contributed by atoms with van der Waals surface area (Å²) in [5.74, 6) is -0.862. The van der Waals surface area contributed by atoms with Crippen molar-refractivity contribution < 1.29 is 14.0 Å². The number of nitrogens with one attached hydrogen (secondary N) is 1. The highest BCUT2D eigenvalue weighted by Gasteiger charge is 2.51. The topological polar surface area (TPSA) is 62.3 Å². The van der Waals surface area contributed by atoms with Crippen LogP contribution < -0.4 is 5.32 Å². The van der Waals surface area contributed by atoms with Crippen LogP contribution in [0.1, 0.15) is 42.5 Å². The molecule has 2 fully saturated rings. The Morgan fingerprint density at radius 1 is 1.11 bits per heavy atom. The third-order valence-electron chi connectivity index (χ3n) is 6.12. The first kappa shape index (κ1) is 18.6. The number of hydrogen-bond acceptors (Lipinski definition) is 3. The van der Waals surface area contributed by atoms with Gasteiger partial charge in [0.15, 0.2) is 0 Å². The fourth-order valence-electron chi connectivity index (χ4n) is 4.72. The maximum atomic E-state index is 13.5. The number of nitrogens with zero attached hydrogens (tertiary/aromatic N) is 2. The van der Waals surface area contributed by atoms with E-state index in [1.54, 1.807) is 41.6 Å². The monoisotopic (exact) mass is 381 g/mol. The van der Waals surface area contributed by atoms with Gasteiger partial charge in [-0.3, -0.25) is 14.6 Å². The number of carbonyl (C=O) groups is 2. The molecule has 1 atom stereocenters. The molecule has 5 nitrogen and oxygen atoms in total. The van der Waals surface area contributed by atoms with Crippen LogP contribution in [0.4, 0.5) is 10.1 Å². The van der Waals surface area contributed by atoms with Crippen LogP contribution in [-0.4, -0.2) is 34.8 Å². The first-order valence-electron chi connectivity index (χ1n) is 9.83. The molecule has 1 aromatic heterocycles. The van der Waals surface area contributed by atoms with E-state index in [1.807, 2.05) is 0 Å². The predicted octanol–water partition coefficient (Wildman–Crippen LogP) is 3.88. The molecule has 2 amide bonds. The quantitative estimate of drug-likeness (QED) is 0.878. The smallest absolute Gasteiger partial charge is 0.254 e. The van der Waals surface area contributed by atoms with Gasteiger partial charge in [0.05, 0.1) is 5.92 Å². The zero-order valence-electron chi connectivity index (χ0n) is 15.7. The Balaban J connectivity index is 1.57. The van der Waals surface area contributed by atoms with Gasteiger partial charge in [-0.2, -0.15) is 0 Å². The summed E-state index contributed by atoms with van der Waals surface area (Å²) in [4.78, 5) is 31.9. The minimum atomic E-state index is -0.383. The largest absolute Gasteiger partial charge is 0.337 e. The Labute approximate surface area is 164 Å². The van der Waals surface area contributed by atoms with E-state index in [1.165, 1.54) is 12.1 Å². The molecule has 1 spiro atoms. The molecule has 1 saturated heterocycles. The summed E-state index contributed by atoms with van der Waals surface area (Å²) in [5.41, 5.74) is 0.847. The molecule has 1 aliphatic heterocycles. The number of aromatic nitrogens is 1. The second-order valence-corrected chi connectivity index (χ2v) is 7.90. The number of pyridine rings is 1. The van der Waals surface area contributed by atoms with E-state index in [0.29, 0.717) is 24.3 Å². The molecule has 1 saturated carbocycles. The first-order valence-corrected chi connectivity index (χ1v) is 9.83. The van der Waals surface area contributed by atoms with Crippen molar-refractivity contribution in [1.29, 1.82) is 0 Å². The number of amides is 2. The van der Waals surface area contributed by atoms with Crippen LogP contribution in [0.25, 0.3) is 0 Å². The molecule has 2 aliphatic rings. The van der Waals surface area contributed by atoms with Gasteiger partial charge >= 0.3 is 0 Å². The number of rotatable bonds is 3. The van der Waals surface area contributed by atoms with E-state index >= 15 is 0 Å². The third-order valence-corrected chi connectivity index (χ3v) is 6.12. The van der Waals surface area contributed by atoms with Gasteiger partial charge in [-0.1, -0.05) is 25.3 Å². The maximum absolute atomic E-state index is 13.5. The minimum absolute atomic E-state index is 0.0617. The number of hydrogen-bond donors (Lipinski definition) is 1. The Morgan fingerprint density at radius 3 is 2.57 bits per heavy atom. The highest BCUT2D eigenvalue weighted by molar-refractivity contribution is 5.97. The number of benzene rings is 1. The van der Waals surface area contributed by atoms with Gasteiger partial charge in [-0.15, -0.1) is 0 Å². The van der Waals surface area contributed by atoms with Crippen molar-refractivity contribution in [1.82, 2.24) is 9.88 Å². The lowest BCUT2D eigenvalue weighted by Gasteiger charge is -2.37. The zero-order chi connectivity index (χ0) is 19.6. The summed E-state index contributed by atoms with van der Waals surface area (Å²) in [6.07, 6.45) is 8.39. The van der Waals surface area contributed by atoms with Crippen molar-refractivity contribution in [2.75, 3.05) is 18.4 Å². The van der Waals surface area contributed by atoms with E-state index in [0.717, 1.165) is 32.1 Å². The Hall–Kier alpha value is -2.76. The highest BCUT2D eigenvalue weighted by Crippen LogP contribution is 2.48. The molecule has 1 aliphatic carbocycles. The highest BCUT2D eigenvalue weighted by atomic mass is 19.1. The summed E-state index contributed by atoms with van der Waals surface area (Å²) >= 11 is 0. The fourth-order valence-corrected chi connectivity index (χ4v) is 4.72. The van der Waals surface area contributed by atoms with Crippen molar-refractivity contribution >= 4 is 17.5 Å². The normalized spacial score (nSPS) is 20.9. The summed E-state index contributed by atoms with van der Waals surface area (Å²) < 4.78 is 13.5. The van der Waals surface area contributed by atoms with Gasteiger partial charge in [-0.25, -0.2) is 4.39 Å². The van der Waals surface area contributed by atoms with Crippen molar-refractivity contribution in [2.24, 2.45) is 11.3 Å². The molecular formula is C22H24FN3O2. The Morgan fingerprint density at radius 2 is 1.86 bits per heavy atom. The molecule has 0 radical (unpaired) electrons. The minimum Gasteiger partial charge on any atom is -0.337 e. The van der Waals surface area contributed by atoms with Crippen LogP contribution in [0.15, 0.2) is 48.8 Å². The van der Waals surface area contributed by atoms with Gasteiger partial charge in [0.25, 0.3) is 5.91 Å². The Kier molecular flexibility index (Phi) is 5.11. The van der Waals surface area contributed by atoms with Crippen molar-refractivity contribution in [3.8, 4) is 0 Å². The summed E-state index contributed by atoms with van der Waals surface area (Å²) in [6, 6.07) is 9.34. The molecule has 6 heteroatoms. The second kappa shape index (κ2) is 7.70. The SMILES string of the molecule is O=C(Nc1cccc(F)c1)C1CN(C(=O)c2ccncc2)CC12CCCCC2. The summed E-state index contributed by atoms with van der Waals surface area (Å²) in [6.45, 7) is 0.984. The number of anilines is 1. The lowest BCUT2D eigenvalue weighted by atomic mass is 9.67. The molecule has 28 heavy (non-hydrogen) atoms. The first-order chi connectivity index (χ1) is 13.6. The Bertz CT molecular complexity index is 865. The molecule has 1 unspecified atom stereocenters. The molecule has 1 aromatic carbocycles. The molecular weight excluding hydrogens is 357 g/mol. The van der Waals surface area contributed by atoms with Crippen LogP contribution in [-0.2, 0) is 4.79 Å². The van der Waals surface area contributed by atoms with Gasteiger partial charge in [0.2, 0.25) is 5.91 Å². The molecule has 2 aromatic rings. The molecule has 2 heterocycles. The van der Waals surface area contributed by atoms with Gasteiger partial charge in [0.1, 0.15) is 5.82 Å². The van der Waals surface area contributed by atoms with E-state index < -0.39 is 0 Å². The lowest BCUT2D eigenvalue weighted by Crippen LogP contribution is -2.39. The average Bonchev–Trinajstić information content (AvgIpc) is 3.07. The fraction of sp³-hybridized carbons (Fsp3) is 0.409. The van der Waals surface area contributed by atoms with Crippen LogP contribution in [0.3, 0.4) is 0 Å². The van der Waals surface area contributed by atoms with E-state index in [9.17, 15) is 14.0 Å². The molecule has 4 rings (SSSR count).